The van der Waals surface area contributed by atoms with Crippen molar-refractivity contribution in [2.45, 2.75) is 11.7 Å². The average molecular weight is 224 g/mol. The van der Waals surface area contributed by atoms with E-state index in [1.165, 1.54) is 0 Å². The van der Waals surface area contributed by atoms with Crippen molar-refractivity contribution in [2.24, 2.45) is 0 Å². The molecule has 0 spiro atoms. The summed E-state index contributed by atoms with van der Waals surface area (Å²) in [5, 5.41) is 18.0. The number of benzene rings is 1. The molecule has 2 N–H and O–H groups in total. The summed E-state index contributed by atoms with van der Waals surface area (Å²) in [6.45, 7) is 0. The lowest BCUT2D eigenvalue weighted by Gasteiger charge is -2.05. The highest BCUT2D eigenvalue weighted by Crippen LogP contribution is 2.23. The zero-order valence-electron chi connectivity index (χ0n) is 7.93. The van der Waals surface area contributed by atoms with Crippen LogP contribution in [0.5, 0.6) is 0 Å². The van der Waals surface area contributed by atoms with Crippen LogP contribution in [0.15, 0.2) is 34.9 Å². The highest BCUT2D eigenvalue weighted by atomic mass is 35.5. The molecule has 0 radical (unpaired) electrons. The first-order valence-electron chi connectivity index (χ1n) is 4.64. The smallest absolute Gasteiger partial charge is 0.464 e. The lowest BCUT2D eigenvalue weighted by molar-refractivity contribution is 0.401. The molecule has 78 valence electrons. The van der Waals surface area contributed by atoms with Gasteiger partial charge < -0.3 is 14.5 Å². The zero-order chi connectivity index (χ0) is 10.8. The monoisotopic (exact) mass is 224 g/mol. The quantitative estimate of drug-likeness (QED) is 0.615. The molecule has 0 saturated carbocycles. The second-order valence-electron chi connectivity index (χ2n) is 3.39. The van der Waals surface area contributed by atoms with Crippen molar-refractivity contribution in [2.75, 3.05) is 0 Å². The molecule has 0 amide bonds. The van der Waals surface area contributed by atoms with Gasteiger partial charge in [0.05, 0.1) is 11.5 Å². The van der Waals surface area contributed by atoms with E-state index in [2.05, 4.69) is 0 Å². The molecule has 0 aliphatic heterocycles. The molecule has 15 heavy (non-hydrogen) atoms. The standard InChI is InChI=1S/C10H10BClO3/c12-10(11(13)14)5-7-6-15-9-4-2-1-3-8(7)9/h1-4,6,10,13-14H,5H2/t10-/m1/s1. The van der Waals surface area contributed by atoms with Gasteiger partial charge in [-0.1, -0.05) is 18.2 Å². The Balaban J connectivity index is 2.29. The lowest BCUT2D eigenvalue weighted by atomic mass is 9.82. The Bertz CT molecular complexity index is 455. The van der Waals surface area contributed by atoms with Crippen molar-refractivity contribution in [3.63, 3.8) is 0 Å². The molecule has 5 heteroatoms. The third kappa shape index (κ3) is 2.17. The van der Waals surface area contributed by atoms with Gasteiger partial charge in [0, 0.05) is 5.39 Å². The van der Waals surface area contributed by atoms with Crippen LogP contribution in [0.3, 0.4) is 0 Å². The second kappa shape index (κ2) is 4.27. The number of hydrogen-bond acceptors (Lipinski definition) is 3. The Hall–Kier alpha value is -0.965. The average Bonchev–Trinajstić information content (AvgIpc) is 2.62. The summed E-state index contributed by atoms with van der Waals surface area (Å²) in [4.78, 5) is 0. The van der Waals surface area contributed by atoms with Gasteiger partial charge in [-0.15, -0.1) is 11.6 Å². The number of alkyl halides is 1. The Kier molecular flexibility index (Phi) is 3.00. The fourth-order valence-electron chi connectivity index (χ4n) is 1.51. The number of hydrogen-bond donors (Lipinski definition) is 2. The molecule has 0 unspecified atom stereocenters. The van der Waals surface area contributed by atoms with Crippen LogP contribution in [0.2, 0.25) is 0 Å². The number of rotatable bonds is 3. The van der Waals surface area contributed by atoms with Gasteiger partial charge in [0.15, 0.2) is 0 Å². The van der Waals surface area contributed by atoms with Crippen LogP contribution in [0, 0.1) is 0 Å². The molecule has 1 heterocycles. The van der Waals surface area contributed by atoms with E-state index in [4.69, 9.17) is 26.1 Å². The first-order chi connectivity index (χ1) is 7.18. The molecule has 0 bridgehead atoms. The highest BCUT2D eigenvalue weighted by Gasteiger charge is 2.22. The predicted molar refractivity (Wildman–Crippen MR) is 59.8 cm³/mol. The number of halogens is 1. The Morgan fingerprint density at radius 1 is 1.33 bits per heavy atom. The van der Waals surface area contributed by atoms with Gasteiger partial charge in [-0.2, -0.15) is 0 Å². The van der Waals surface area contributed by atoms with Crippen molar-refractivity contribution in [3.05, 3.63) is 36.1 Å². The zero-order valence-corrected chi connectivity index (χ0v) is 8.69. The van der Waals surface area contributed by atoms with Gasteiger partial charge in [0.25, 0.3) is 0 Å². The summed E-state index contributed by atoms with van der Waals surface area (Å²) in [6.07, 6.45) is 1.97. The third-order valence-corrected chi connectivity index (χ3v) is 2.68. The predicted octanol–water partition coefficient (Wildman–Crippen LogP) is 1.59. The molecule has 1 atom stereocenters. The fourth-order valence-corrected chi connectivity index (χ4v) is 1.67. The van der Waals surface area contributed by atoms with Crippen molar-refractivity contribution in [3.8, 4) is 0 Å². The van der Waals surface area contributed by atoms with Crippen LogP contribution in [-0.2, 0) is 6.42 Å². The normalized spacial score (nSPS) is 13.0. The van der Waals surface area contributed by atoms with Crippen molar-refractivity contribution < 1.29 is 14.5 Å². The first kappa shape index (κ1) is 10.5. The number of furan rings is 1. The first-order valence-corrected chi connectivity index (χ1v) is 5.07. The molecular weight excluding hydrogens is 214 g/mol. The Morgan fingerprint density at radius 3 is 2.80 bits per heavy atom. The van der Waals surface area contributed by atoms with E-state index in [9.17, 15) is 0 Å². The van der Waals surface area contributed by atoms with Crippen molar-refractivity contribution >= 4 is 29.7 Å². The molecule has 1 aromatic heterocycles. The van der Waals surface area contributed by atoms with Gasteiger partial charge in [-0.05, 0) is 18.1 Å². The SMILES string of the molecule is OB(O)[C@H](Cl)Cc1coc2ccccc12. The summed E-state index contributed by atoms with van der Waals surface area (Å²) >= 11 is 5.77. The molecule has 2 aromatic rings. The number of fused-ring (bicyclic) bond motifs is 1. The van der Waals surface area contributed by atoms with E-state index >= 15 is 0 Å². The Morgan fingerprint density at radius 2 is 2.07 bits per heavy atom. The fraction of sp³-hybridized carbons (Fsp3) is 0.200. The number of para-hydroxylation sites is 1. The molecule has 2 rings (SSSR count). The summed E-state index contributed by atoms with van der Waals surface area (Å²) in [6, 6.07) is 7.56. The van der Waals surface area contributed by atoms with Crippen LogP contribution in [0.25, 0.3) is 11.0 Å². The van der Waals surface area contributed by atoms with Gasteiger partial charge in [0.2, 0.25) is 0 Å². The summed E-state index contributed by atoms with van der Waals surface area (Å²) < 4.78 is 5.31. The summed E-state index contributed by atoms with van der Waals surface area (Å²) in [5.74, 6) is 0. The second-order valence-corrected chi connectivity index (χ2v) is 3.95. The molecule has 3 nitrogen and oxygen atoms in total. The van der Waals surface area contributed by atoms with Crippen LogP contribution >= 0.6 is 11.6 Å². The molecule has 0 fully saturated rings. The van der Waals surface area contributed by atoms with E-state index in [0.717, 1.165) is 16.5 Å². The van der Waals surface area contributed by atoms with Crippen LogP contribution < -0.4 is 0 Å². The summed E-state index contributed by atoms with van der Waals surface area (Å²) in [5.41, 5.74) is 1.67. The van der Waals surface area contributed by atoms with Gasteiger partial charge in [-0.3, -0.25) is 0 Å². The topological polar surface area (TPSA) is 53.6 Å². The molecule has 1 aromatic carbocycles. The van der Waals surface area contributed by atoms with E-state index in [0.29, 0.717) is 6.42 Å². The third-order valence-electron chi connectivity index (χ3n) is 2.30. The van der Waals surface area contributed by atoms with E-state index in [-0.39, 0.29) is 0 Å². The Labute approximate surface area is 92.4 Å². The molecular formula is C10H10BClO3. The van der Waals surface area contributed by atoms with Gasteiger partial charge >= 0.3 is 7.12 Å². The maximum Gasteiger partial charge on any atom is 0.470 e. The van der Waals surface area contributed by atoms with Crippen molar-refractivity contribution in [1.82, 2.24) is 0 Å². The van der Waals surface area contributed by atoms with Crippen molar-refractivity contribution in [1.29, 1.82) is 0 Å². The van der Waals surface area contributed by atoms with E-state index in [1.54, 1.807) is 6.26 Å². The largest absolute Gasteiger partial charge is 0.470 e. The minimum absolute atomic E-state index is 0.371. The van der Waals surface area contributed by atoms with E-state index < -0.39 is 12.4 Å². The van der Waals surface area contributed by atoms with Crippen LogP contribution in [0.4, 0.5) is 0 Å². The maximum atomic E-state index is 8.88. The van der Waals surface area contributed by atoms with Gasteiger partial charge in [0.1, 0.15) is 5.58 Å². The van der Waals surface area contributed by atoms with Crippen LogP contribution in [0.1, 0.15) is 5.56 Å². The van der Waals surface area contributed by atoms with Crippen LogP contribution in [-0.4, -0.2) is 22.4 Å². The highest BCUT2D eigenvalue weighted by molar-refractivity contribution is 6.57. The van der Waals surface area contributed by atoms with Gasteiger partial charge in [-0.25, -0.2) is 0 Å². The molecule has 0 aliphatic rings. The minimum atomic E-state index is -1.51. The molecule has 0 aliphatic carbocycles. The minimum Gasteiger partial charge on any atom is -0.464 e. The lowest BCUT2D eigenvalue weighted by Crippen LogP contribution is -2.27. The maximum absolute atomic E-state index is 8.88. The van der Waals surface area contributed by atoms with E-state index in [1.807, 2.05) is 24.3 Å². The summed E-state index contributed by atoms with van der Waals surface area (Å²) in [7, 11) is -1.51. The molecule has 0 saturated heterocycles.